The van der Waals surface area contributed by atoms with Crippen LogP contribution in [0.1, 0.15) is 29.5 Å². The Kier molecular flexibility index (Phi) is 5.30. The van der Waals surface area contributed by atoms with Gasteiger partial charge in [-0.3, -0.25) is 5.43 Å². The number of hydrogen-bond donors (Lipinski definition) is 2. The van der Waals surface area contributed by atoms with E-state index in [0.717, 1.165) is 36.6 Å². The van der Waals surface area contributed by atoms with E-state index in [1.165, 1.54) is 4.88 Å². The van der Waals surface area contributed by atoms with E-state index in [0.29, 0.717) is 5.11 Å². The number of aryl methyl sites for hydroxylation is 1. The third kappa shape index (κ3) is 4.56. The summed E-state index contributed by atoms with van der Waals surface area (Å²) in [5.41, 5.74) is 3.82. The van der Waals surface area contributed by atoms with Crippen molar-refractivity contribution in [1.82, 2.24) is 10.7 Å². The van der Waals surface area contributed by atoms with Crippen molar-refractivity contribution in [2.24, 2.45) is 5.10 Å². The van der Waals surface area contributed by atoms with E-state index in [1.807, 2.05) is 6.92 Å². The molecule has 1 aromatic rings. The van der Waals surface area contributed by atoms with Gasteiger partial charge in [-0.1, -0.05) is 0 Å². The van der Waals surface area contributed by atoms with Crippen molar-refractivity contribution in [1.29, 1.82) is 0 Å². The molecule has 4 nitrogen and oxygen atoms in total. The van der Waals surface area contributed by atoms with Gasteiger partial charge in [0.1, 0.15) is 0 Å². The number of rotatable bonds is 4. The van der Waals surface area contributed by atoms with Gasteiger partial charge < -0.3 is 10.1 Å². The molecule has 1 aliphatic rings. The molecular weight excluding hydrogens is 278 g/mol. The largest absolute Gasteiger partial charge is 0.376 e. The zero-order valence-corrected chi connectivity index (χ0v) is 12.9. The lowest BCUT2D eigenvalue weighted by atomic mass is 10.2. The van der Waals surface area contributed by atoms with Gasteiger partial charge in [-0.05, 0) is 51.0 Å². The fraction of sp³-hybridized carbons (Fsp3) is 0.538. The summed E-state index contributed by atoms with van der Waals surface area (Å²) in [5.74, 6) is 0. The molecule has 1 aromatic heterocycles. The number of hydrazone groups is 1. The Morgan fingerprint density at radius 1 is 1.58 bits per heavy atom. The Hall–Kier alpha value is -0.980. The number of hydrogen-bond acceptors (Lipinski definition) is 4. The zero-order chi connectivity index (χ0) is 13.7. The van der Waals surface area contributed by atoms with Crippen molar-refractivity contribution in [2.75, 3.05) is 13.2 Å². The molecule has 0 amide bonds. The first-order valence-corrected chi connectivity index (χ1v) is 7.64. The highest BCUT2D eigenvalue weighted by molar-refractivity contribution is 7.80. The molecule has 1 atom stereocenters. The Labute approximate surface area is 123 Å². The maximum atomic E-state index is 5.52. The minimum absolute atomic E-state index is 0.282. The summed E-state index contributed by atoms with van der Waals surface area (Å²) >= 11 is 6.91. The van der Waals surface area contributed by atoms with Crippen LogP contribution in [0.2, 0.25) is 0 Å². The van der Waals surface area contributed by atoms with Gasteiger partial charge in [-0.25, -0.2) is 0 Å². The molecule has 2 heterocycles. The van der Waals surface area contributed by atoms with Crippen LogP contribution in [0.15, 0.2) is 17.2 Å². The molecule has 1 aliphatic heterocycles. The van der Waals surface area contributed by atoms with Crippen molar-refractivity contribution < 1.29 is 4.74 Å². The fourth-order valence-electron chi connectivity index (χ4n) is 1.87. The average Bonchev–Trinajstić information content (AvgIpc) is 3.04. The molecule has 6 heteroatoms. The first-order chi connectivity index (χ1) is 9.15. The quantitative estimate of drug-likeness (QED) is 0.509. The highest BCUT2D eigenvalue weighted by Gasteiger charge is 2.15. The number of thiophene rings is 1. The molecule has 2 rings (SSSR count). The molecule has 0 unspecified atom stereocenters. The predicted molar refractivity (Wildman–Crippen MR) is 84.0 cm³/mol. The second kappa shape index (κ2) is 6.98. The molecule has 0 spiro atoms. The minimum atomic E-state index is 0.282. The molecule has 0 radical (unpaired) electrons. The smallest absolute Gasteiger partial charge is 0.187 e. The first kappa shape index (κ1) is 14.4. The van der Waals surface area contributed by atoms with Gasteiger partial charge in [0, 0.05) is 18.0 Å². The molecule has 0 aromatic carbocycles. The van der Waals surface area contributed by atoms with Gasteiger partial charge in [0.2, 0.25) is 0 Å². The van der Waals surface area contributed by atoms with Crippen molar-refractivity contribution in [3.05, 3.63) is 21.9 Å². The van der Waals surface area contributed by atoms with Crippen LogP contribution in [0.5, 0.6) is 0 Å². The van der Waals surface area contributed by atoms with Crippen molar-refractivity contribution >= 4 is 34.4 Å². The van der Waals surface area contributed by atoms with Gasteiger partial charge in [-0.15, -0.1) is 11.3 Å². The van der Waals surface area contributed by atoms with Gasteiger partial charge in [0.15, 0.2) is 5.11 Å². The van der Waals surface area contributed by atoms with E-state index in [9.17, 15) is 0 Å². The number of nitrogens with one attached hydrogen (secondary N) is 2. The van der Waals surface area contributed by atoms with E-state index in [2.05, 4.69) is 34.9 Å². The maximum absolute atomic E-state index is 5.52. The van der Waals surface area contributed by atoms with E-state index >= 15 is 0 Å². The van der Waals surface area contributed by atoms with Gasteiger partial charge in [0.25, 0.3) is 0 Å². The second-order valence-corrected chi connectivity index (χ2v) is 6.26. The summed E-state index contributed by atoms with van der Waals surface area (Å²) in [7, 11) is 0. The zero-order valence-electron chi connectivity index (χ0n) is 11.2. The van der Waals surface area contributed by atoms with E-state index in [4.69, 9.17) is 17.0 Å². The third-order valence-corrected chi connectivity index (χ3v) is 4.28. The fourth-order valence-corrected chi connectivity index (χ4v) is 2.81. The molecule has 1 saturated heterocycles. The first-order valence-electron chi connectivity index (χ1n) is 6.41. The normalized spacial score (nSPS) is 19.5. The van der Waals surface area contributed by atoms with Crippen LogP contribution in [0.3, 0.4) is 0 Å². The van der Waals surface area contributed by atoms with E-state index in [1.54, 1.807) is 11.3 Å². The van der Waals surface area contributed by atoms with E-state index < -0.39 is 0 Å². The molecule has 0 saturated carbocycles. The summed E-state index contributed by atoms with van der Waals surface area (Å²) in [6.45, 7) is 5.67. The minimum Gasteiger partial charge on any atom is -0.376 e. The van der Waals surface area contributed by atoms with Crippen LogP contribution in [0.4, 0.5) is 0 Å². The lowest BCUT2D eigenvalue weighted by molar-refractivity contribution is 0.114. The number of nitrogens with zero attached hydrogens (tertiary/aromatic N) is 1. The van der Waals surface area contributed by atoms with Crippen LogP contribution >= 0.6 is 23.6 Å². The summed E-state index contributed by atoms with van der Waals surface area (Å²) in [5, 5.41) is 7.96. The van der Waals surface area contributed by atoms with Crippen LogP contribution in [0.25, 0.3) is 0 Å². The van der Waals surface area contributed by atoms with Crippen molar-refractivity contribution in [3.8, 4) is 0 Å². The summed E-state index contributed by atoms with van der Waals surface area (Å²) < 4.78 is 5.52. The standard InChI is InChI=1S/C13H19N3OS2/c1-9-5-6-12(19-9)10(2)15-16-13(18)14-8-11-4-3-7-17-11/h5-6,11H,3-4,7-8H2,1-2H3,(H2,14,16,18)/b15-10-/t11-/m0/s1. The van der Waals surface area contributed by atoms with Crippen LogP contribution in [-0.4, -0.2) is 30.1 Å². The SMILES string of the molecule is C/C(=N/NC(=S)NC[C@@H]1CCCO1)c1ccc(C)s1. The number of thiocarbonyl (C=S) groups is 1. The van der Waals surface area contributed by atoms with Crippen LogP contribution in [-0.2, 0) is 4.74 Å². The summed E-state index contributed by atoms with van der Waals surface area (Å²) in [6, 6.07) is 4.16. The Bertz CT molecular complexity index is 464. The molecule has 19 heavy (non-hydrogen) atoms. The predicted octanol–water partition coefficient (Wildman–Crippen LogP) is 2.42. The van der Waals surface area contributed by atoms with E-state index in [-0.39, 0.29) is 6.10 Å². The lowest BCUT2D eigenvalue weighted by Gasteiger charge is -2.12. The average molecular weight is 297 g/mol. The topological polar surface area (TPSA) is 45.7 Å². The second-order valence-electron chi connectivity index (χ2n) is 4.56. The monoisotopic (exact) mass is 297 g/mol. The molecule has 2 N–H and O–H groups in total. The number of ether oxygens (including phenoxy) is 1. The molecule has 104 valence electrons. The third-order valence-electron chi connectivity index (χ3n) is 2.94. The molecule has 1 fully saturated rings. The highest BCUT2D eigenvalue weighted by Crippen LogP contribution is 2.15. The Morgan fingerprint density at radius 3 is 3.05 bits per heavy atom. The summed E-state index contributed by atoms with van der Waals surface area (Å²) in [4.78, 5) is 2.44. The molecular formula is C13H19N3OS2. The Morgan fingerprint density at radius 2 is 2.42 bits per heavy atom. The van der Waals surface area contributed by atoms with Gasteiger partial charge in [-0.2, -0.15) is 5.10 Å². The summed E-state index contributed by atoms with van der Waals surface area (Å²) in [6.07, 6.45) is 2.53. The van der Waals surface area contributed by atoms with Crippen molar-refractivity contribution in [2.45, 2.75) is 32.8 Å². The molecule has 0 bridgehead atoms. The lowest BCUT2D eigenvalue weighted by Crippen LogP contribution is -2.37. The highest BCUT2D eigenvalue weighted by atomic mass is 32.1. The van der Waals surface area contributed by atoms with Crippen molar-refractivity contribution in [3.63, 3.8) is 0 Å². The Balaban J connectivity index is 1.75. The molecule has 0 aliphatic carbocycles. The van der Waals surface area contributed by atoms with Gasteiger partial charge >= 0.3 is 0 Å². The van der Waals surface area contributed by atoms with Crippen LogP contribution < -0.4 is 10.7 Å². The maximum Gasteiger partial charge on any atom is 0.187 e. The van der Waals surface area contributed by atoms with Gasteiger partial charge in [0.05, 0.1) is 16.7 Å². The van der Waals surface area contributed by atoms with Crippen LogP contribution in [0, 0.1) is 6.92 Å².